The molecule has 2 amide bonds. The molecule has 2 aromatic carbocycles. The Kier molecular flexibility index (Phi) is 8.03. The molecular formula is C26H32F3N5O2. The van der Waals surface area contributed by atoms with Gasteiger partial charge < -0.3 is 21.3 Å². The van der Waals surface area contributed by atoms with Crippen LogP contribution in [0.2, 0.25) is 0 Å². The lowest BCUT2D eigenvalue weighted by atomic mass is 10.1. The zero-order valence-corrected chi connectivity index (χ0v) is 20.1. The molecule has 2 aliphatic heterocycles. The van der Waals surface area contributed by atoms with Crippen LogP contribution in [-0.2, 0) is 11.0 Å². The standard InChI is InChI=1S/C26H32F3N5O2/c27-26(28,29)19-4-1-3-18(15-19)25(36)31-16-24(35)32-21-10-13-34(17-21)22-5-2-12-33(14-11-22)23-8-6-20(30)7-9-23/h1,3-4,6-9,15,21-22H,2,5,10-14,16-17,30H2,(H,31,36)(H,32,35)/t21-,22?/m1/s1. The average Bonchev–Trinajstić information content (AvgIpc) is 3.17. The van der Waals surface area contributed by atoms with Gasteiger partial charge in [0.2, 0.25) is 5.91 Å². The molecule has 0 aromatic heterocycles. The number of hydrogen-bond acceptors (Lipinski definition) is 5. The highest BCUT2D eigenvalue weighted by molar-refractivity contribution is 5.96. The maximum absolute atomic E-state index is 12.9. The zero-order chi connectivity index (χ0) is 25.7. The molecular weight excluding hydrogens is 471 g/mol. The lowest BCUT2D eigenvalue weighted by Gasteiger charge is -2.27. The van der Waals surface area contributed by atoms with Crippen molar-refractivity contribution in [3.05, 3.63) is 59.7 Å². The van der Waals surface area contributed by atoms with E-state index in [1.165, 1.54) is 17.8 Å². The maximum Gasteiger partial charge on any atom is 0.416 e. The first-order valence-electron chi connectivity index (χ1n) is 12.3. The van der Waals surface area contributed by atoms with Crippen LogP contribution in [0.15, 0.2) is 48.5 Å². The van der Waals surface area contributed by atoms with Gasteiger partial charge in [0.15, 0.2) is 0 Å². The van der Waals surface area contributed by atoms with Gasteiger partial charge in [0.1, 0.15) is 0 Å². The van der Waals surface area contributed by atoms with Crippen molar-refractivity contribution in [3.63, 3.8) is 0 Å². The molecule has 0 bridgehead atoms. The summed E-state index contributed by atoms with van der Waals surface area (Å²) in [6, 6.07) is 12.5. The molecule has 2 aliphatic rings. The fourth-order valence-electron chi connectivity index (χ4n) is 5.00. The predicted molar refractivity (Wildman–Crippen MR) is 133 cm³/mol. The van der Waals surface area contributed by atoms with Crippen LogP contribution in [0.5, 0.6) is 0 Å². The highest BCUT2D eigenvalue weighted by Gasteiger charge is 2.32. The van der Waals surface area contributed by atoms with Crippen LogP contribution in [-0.4, -0.2) is 61.5 Å². The number of nitrogens with zero attached hydrogens (tertiary/aromatic N) is 2. The minimum Gasteiger partial charge on any atom is -0.399 e. The van der Waals surface area contributed by atoms with Gasteiger partial charge in [0.25, 0.3) is 5.91 Å². The highest BCUT2D eigenvalue weighted by atomic mass is 19.4. The fourth-order valence-corrected chi connectivity index (χ4v) is 5.00. The van der Waals surface area contributed by atoms with Crippen molar-refractivity contribution in [1.29, 1.82) is 0 Å². The van der Waals surface area contributed by atoms with Crippen LogP contribution in [0.1, 0.15) is 41.6 Å². The zero-order valence-electron chi connectivity index (χ0n) is 20.1. The topological polar surface area (TPSA) is 90.7 Å². The largest absolute Gasteiger partial charge is 0.416 e. The molecule has 2 atom stereocenters. The van der Waals surface area contributed by atoms with Crippen LogP contribution >= 0.6 is 0 Å². The Bertz CT molecular complexity index is 1060. The SMILES string of the molecule is Nc1ccc(N2CCCC(N3CC[C@@H](NC(=O)CNC(=O)c4cccc(C(F)(F)F)c4)C3)CC2)cc1. The van der Waals surface area contributed by atoms with E-state index in [9.17, 15) is 22.8 Å². The smallest absolute Gasteiger partial charge is 0.399 e. The number of carbonyl (C=O) groups excluding carboxylic acids is 2. The molecule has 7 nitrogen and oxygen atoms in total. The normalized spacial score (nSPS) is 21.1. The van der Waals surface area contributed by atoms with Crippen molar-refractivity contribution in [3.8, 4) is 0 Å². The summed E-state index contributed by atoms with van der Waals surface area (Å²) in [4.78, 5) is 29.4. The van der Waals surface area contributed by atoms with E-state index in [4.69, 9.17) is 5.73 Å². The van der Waals surface area contributed by atoms with Crippen LogP contribution in [0, 0.1) is 0 Å². The van der Waals surface area contributed by atoms with E-state index in [-0.39, 0.29) is 24.1 Å². The first kappa shape index (κ1) is 25.8. The minimum atomic E-state index is -4.53. The molecule has 36 heavy (non-hydrogen) atoms. The molecule has 2 aromatic rings. The number of halogens is 3. The van der Waals surface area contributed by atoms with Crippen LogP contribution in [0.3, 0.4) is 0 Å². The summed E-state index contributed by atoms with van der Waals surface area (Å²) >= 11 is 0. The molecule has 4 rings (SSSR count). The van der Waals surface area contributed by atoms with Gasteiger partial charge >= 0.3 is 6.18 Å². The van der Waals surface area contributed by atoms with Crippen molar-refractivity contribution < 1.29 is 22.8 Å². The second-order valence-electron chi connectivity index (χ2n) is 9.47. The summed E-state index contributed by atoms with van der Waals surface area (Å²) in [5.41, 5.74) is 6.71. The number of rotatable bonds is 6. The number of nitrogen functional groups attached to an aromatic ring is 1. The Morgan fingerprint density at radius 1 is 1.00 bits per heavy atom. The third-order valence-electron chi connectivity index (χ3n) is 6.92. The van der Waals surface area contributed by atoms with Gasteiger partial charge in [-0.2, -0.15) is 13.2 Å². The molecule has 4 N–H and O–H groups in total. The Morgan fingerprint density at radius 2 is 1.78 bits per heavy atom. The van der Waals surface area contributed by atoms with E-state index in [2.05, 4.69) is 32.6 Å². The van der Waals surface area contributed by atoms with Gasteiger partial charge in [-0.15, -0.1) is 0 Å². The molecule has 10 heteroatoms. The number of anilines is 2. The molecule has 2 saturated heterocycles. The van der Waals surface area contributed by atoms with Gasteiger partial charge in [-0.05, 0) is 68.1 Å². The monoisotopic (exact) mass is 503 g/mol. The second-order valence-corrected chi connectivity index (χ2v) is 9.47. The van der Waals surface area contributed by atoms with Gasteiger partial charge in [-0.1, -0.05) is 6.07 Å². The number of hydrogen-bond donors (Lipinski definition) is 3. The van der Waals surface area contributed by atoms with Gasteiger partial charge in [-0.25, -0.2) is 0 Å². The van der Waals surface area contributed by atoms with Crippen molar-refractivity contribution >= 4 is 23.2 Å². The molecule has 0 spiro atoms. The lowest BCUT2D eigenvalue weighted by molar-refractivity contribution is -0.137. The summed E-state index contributed by atoms with van der Waals surface area (Å²) in [6.45, 7) is 3.32. The summed E-state index contributed by atoms with van der Waals surface area (Å²) in [5, 5.41) is 5.36. The van der Waals surface area contributed by atoms with Crippen molar-refractivity contribution in [1.82, 2.24) is 15.5 Å². The van der Waals surface area contributed by atoms with E-state index in [1.807, 2.05) is 12.1 Å². The number of amides is 2. The maximum atomic E-state index is 12.9. The number of nitrogens with two attached hydrogens (primary N) is 1. The number of carbonyl (C=O) groups is 2. The van der Waals surface area contributed by atoms with Crippen molar-refractivity contribution in [2.24, 2.45) is 0 Å². The van der Waals surface area contributed by atoms with Crippen molar-refractivity contribution in [2.75, 3.05) is 43.4 Å². The van der Waals surface area contributed by atoms with Gasteiger partial charge in [0.05, 0.1) is 12.1 Å². The number of nitrogens with one attached hydrogen (secondary N) is 2. The molecule has 194 valence electrons. The molecule has 2 fully saturated rings. The van der Waals surface area contributed by atoms with Crippen LogP contribution in [0.4, 0.5) is 24.5 Å². The highest BCUT2D eigenvalue weighted by Crippen LogP contribution is 2.29. The van der Waals surface area contributed by atoms with Crippen LogP contribution in [0.25, 0.3) is 0 Å². The summed E-state index contributed by atoms with van der Waals surface area (Å²) in [5.74, 6) is -1.06. The number of alkyl halides is 3. The van der Waals surface area contributed by atoms with Crippen LogP contribution < -0.4 is 21.3 Å². The Labute approximate surface area is 208 Å². The minimum absolute atomic E-state index is 0.0144. The van der Waals surface area contributed by atoms with E-state index in [1.54, 1.807) is 0 Å². The lowest BCUT2D eigenvalue weighted by Crippen LogP contribution is -2.44. The molecule has 0 saturated carbocycles. The first-order valence-corrected chi connectivity index (χ1v) is 12.3. The quantitative estimate of drug-likeness (QED) is 0.527. The molecule has 0 aliphatic carbocycles. The number of benzene rings is 2. The summed E-state index contributed by atoms with van der Waals surface area (Å²) in [7, 11) is 0. The second kappa shape index (κ2) is 11.2. The fraction of sp³-hybridized carbons (Fsp3) is 0.462. The van der Waals surface area contributed by atoms with E-state index in [0.29, 0.717) is 6.04 Å². The van der Waals surface area contributed by atoms with E-state index >= 15 is 0 Å². The third kappa shape index (κ3) is 6.69. The predicted octanol–water partition coefficient (Wildman–Crippen LogP) is 3.27. The molecule has 2 heterocycles. The van der Waals surface area contributed by atoms with Gasteiger partial charge in [-0.3, -0.25) is 14.5 Å². The summed E-state index contributed by atoms with van der Waals surface area (Å²) in [6.07, 6.45) is -0.485. The number of likely N-dealkylation sites (tertiary alicyclic amines) is 1. The summed E-state index contributed by atoms with van der Waals surface area (Å²) < 4.78 is 38.6. The first-order chi connectivity index (χ1) is 17.2. The van der Waals surface area contributed by atoms with Crippen molar-refractivity contribution in [2.45, 2.75) is 43.9 Å². The third-order valence-corrected chi connectivity index (χ3v) is 6.92. The van der Waals surface area contributed by atoms with E-state index in [0.717, 1.165) is 69.7 Å². The van der Waals surface area contributed by atoms with E-state index < -0.39 is 17.6 Å². The Hall–Kier alpha value is -3.27. The van der Waals surface area contributed by atoms with Gasteiger partial charge in [0, 0.05) is 55.2 Å². The Balaban J connectivity index is 1.21. The molecule has 1 unspecified atom stereocenters. The molecule has 0 radical (unpaired) electrons. The Morgan fingerprint density at radius 3 is 2.53 bits per heavy atom. The average molecular weight is 504 g/mol.